The number of hydrogen-bond acceptors (Lipinski definition) is 9. The lowest BCUT2D eigenvalue weighted by Crippen LogP contribution is -2.06. The molecule has 2 aromatic heterocycles. The van der Waals surface area contributed by atoms with Gasteiger partial charge in [0.25, 0.3) is 0 Å². The van der Waals surface area contributed by atoms with Crippen molar-refractivity contribution in [2.45, 2.75) is 24.8 Å². The highest BCUT2D eigenvalue weighted by molar-refractivity contribution is 7.98. The molecule has 0 radical (unpaired) electrons. The highest BCUT2D eigenvalue weighted by atomic mass is 32.2. The highest BCUT2D eigenvalue weighted by Gasteiger charge is 2.23. The van der Waals surface area contributed by atoms with E-state index in [1.807, 2.05) is 6.07 Å². The minimum Gasteiger partial charge on any atom is -0.462 e. The Morgan fingerprint density at radius 3 is 2.93 bits per heavy atom. The molecule has 0 atom stereocenters. The lowest BCUT2D eigenvalue weighted by Gasteiger charge is -2.09. The Hall–Kier alpha value is -3.36. The standard InChI is InChI=1S/C19H18N6O3S2/c1-3-28-18(27)16-15(14(8-20)17(21)30-16)9-29-19-24-22-10-25(19)13-6-4-5-12(7-13)23-11(2)26/h4-7,10H,3,9,21H2,1-2H3,(H,23,26). The molecule has 1 aromatic carbocycles. The first kappa shape index (κ1) is 21.4. The third kappa shape index (κ3) is 4.61. The van der Waals surface area contributed by atoms with Crippen molar-refractivity contribution in [1.82, 2.24) is 14.8 Å². The molecule has 0 spiro atoms. The number of carbonyl (C=O) groups is 2. The van der Waals surface area contributed by atoms with E-state index >= 15 is 0 Å². The first-order valence-corrected chi connectivity index (χ1v) is 10.6. The van der Waals surface area contributed by atoms with Crippen molar-refractivity contribution in [2.24, 2.45) is 0 Å². The summed E-state index contributed by atoms with van der Waals surface area (Å²) in [7, 11) is 0. The van der Waals surface area contributed by atoms with Crippen LogP contribution in [0, 0.1) is 11.3 Å². The summed E-state index contributed by atoms with van der Waals surface area (Å²) in [5.41, 5.74) is 8.11. The molecule has 2 heterocycles. The summed E-state index contributed by atoms with van der Waals surface area (Å²) in [6.07, 6.45) is 1.55. The van der Waals surface area contributed by atoms with E-state index in [0.29, 0.717) is 21.3 Å². The van der Waals surface area contributed by atoms with Crippen molar-refractivity contribution in [3.05, 3.63) is 46.6 Å². The van der Waals surface area contributed by atoms with Crippen molar-refractivity contribution in [2.75, 3.05) is 17.7 Å². The second-order valence-electron chi connectivity index (χ2n) is 5.98. The van der Waals surface area contributed by atoms with E-state index < -0.39 is 5.97 Å². The molecule has 0 bridgehead atoms. The number of nitrogens with two attached hydrogens (primary N) is 1. The van der Waals surface area contributed by atoms with Gasteiger partial charge in [-0.2, -0.15) is 5.26 Å². The normalized spacial score (nSPS) is 10.4. The van der Waals surface area contributed by atoms with Gasteiger partial charge < -0.3 is 15.8 Å². The number of rotatable bonds is 7. The Bertz CT molecular complexity index is 1130. The van der Waals surface area contributed by atoms with Crippen LogP contribution in [0.5, 0.6) is 0 Å². The molecular weight excluding hydrogens is 424 g/mol. The fourth-order valence-corrected chi connectivity index (χ4v) is 4.66. The van der Waals surface area contributed by atoms with Gasteiger partial charge in [0, 0.05) is 23.9 Å². The molecule has 3 aromatic rings. The van der Waals surface area contributed by atoms with E-state index in [4.69, 9.17) is 10.5 Å². The van der Waals surface area contributed by atoms with Gasteiger partial charge in [-0.3, -0.25) is 9.36 Å². The summed E-state index contributed by atoms with van der Waals surface area (Å²) >= 11 is 2.35. The molecule has 0 saturated heterocycles. The number of benzene rings is 1. The molecule has 1 amide bonds. The van der Waals surface area contributed by atoms with Gasteiger partial charge in [-0.25, -0.2) is 4.79 Å². The van der Waals surface area contributed by atoms with E-state index in [-0.39, 0.29) is 28.8 Å². The minimum absolute atomic E-state index is 0.170. The van der Waals surface area contributed by atoms with Crippen molar-refractivity contribution in [3.8, 4) is 11.8 Å². The fourth-order valence-electron chi connectivity index (χ4n) is 2.68. The number of esters is 1. The Labute approximate surface area is 180 Å². The minimum atomic E-state index is -0.504. The van der Waals surface area contributed by atoms with Crippen LogP contribution in [0.15, 0.2) is 35.7 Å². The number of nitrogens with zero attached hydrogens (tertiary/aromatic N) is 4. The number of ether oxygens (including phenoxy) is 1. The van der Waals surface area contributed by atoms with Crippen molar-refractivity contribution in [3.63, 3.8) is 0 Å². The monoisotopic (exact) mass is 442 g/mol. The van der Waals surface area contributed by atoms with Gasteiger partial charge in [0.15, 0.2) is 5.16 Å². The largest absolute Gasteiger partial charge is 0.462 e. The molecule has 9 nitrogen and oxygen atoms in total. The molecule has 0 unspecified atom stereocenters. The number of thioether (sulfide) groups is 1. The van der Waals surface area contributed by atoms with Gasteiger partial charge in [-0.1, -0.05) is 17.8 Å². The van der Waals surface area contributed by atoms with Gasteiger partial charge in [-0.15, -0.1) is 21.5 Å². The predicted octanol–water partition coefficient (Wildman–Crippen LogP) is 3.21. The third-order valence-corrected chi connectivity index (χ3v) is 5.92. The Kier molecular flexibility index (Phi) is 6.71. The zero-order valence-corrected chi connectivity index (χ0v) is 17.8. The fraction of sp³-hybridized carbons (Fsp3) is 0.211. The van der Waals surface area contributed by atoms with E-state index in [1.165, 1.54) is 18.7 Å². The Morgan fingerprint density at radius 1 is 1.43 bits per heavy atom. The molecule has 3 N–H and O–H groups in total. The number of hydrogen-bond donors (Lipinski definition) is 2. The summed E-state index contributed by atoms with van der Waals surface area (Å²) in [5.74, 6) is -0.388. The van der Waals surface area contributed by atoms with E-state index in [9.17, 15) is 14.9 Å². The van der Waals surface area contributed by atoms with Crippen LogP contribution in [0.4, 0.5) is 10.7 Å². The van der Waals surface area contributed by atoms with E-state index in [0.717, 1.165) is 17.0 Å². The maximum absolute atomic E-state index is 12.3. The van der Waals surface area contributed by atoms with Gasteiger partial charge in [-0.05, 0) is 25.1 Å². The van der Waals surface area contributed by atoms with Crippen LogP contribution in [0.2, 0.25) is 0 Å². The van der Waals surface area contributed by atoms with Gasteiger partial charge in [0.2, 0.25) is 5.91 Å². The Morgan fingerprint density at radius 2 is 2.23 bits per heavy atom. The Balaban J connectivity index is 1.87. The number of aromatic nitrogens is 3. The maximum Gasteiger partial charge on any atom is 0.348 e. The second-order valence-corrected chi connectivity index (χ2v) is 7.98. The smallest absolute Gasteiger partial charge is 0.348 e. The average molecular weight is 443 g/mol. The zero-order chi connectivity index (χ0) is 21.7. The lowest BCUT2D eigenvalue weighted by atomic mass is 10.2. The molecule has 11 heteroatoms. The van der Waals surface area contributed by atoms with Crippen LogP contribution in [-0.2, 0) is 15.3 Å². The van der Waals surface area contributed by atoms with Crippen LogP contribution >= 0.6 is 23.1 Å². The van der Waals surface area contributed by atoms with Crippen molar-refractivity contribution in [1.29, 1.82) is 5.26 Å². The number of nitrogen functional groups attached to an aromatic ring is 1. The third-order valence-electron chi connectivity index (χ3n) is 3.91. The van der Waals surface area contributed by atoms with Crippen molar-refractivity contribution >= 4 is 45.7 Å². The lowest BCUT2D eigenvalue weighted by molar-refractivity contribution is -0.114. The first-order chi connectivity index (χ1) is 14.4. The highest BCUT2D eigenvalue weighted by Crippen LogP contribution is 2.35. The molecule has 0 aliphatic carbocycles. The van der Waals surface area contributed by atoms with Gasteiger partial charge in [0.05, 0.1) is 17.9 Å². The quantitative estimate of drug-likeness (QED) is 0.420. The molecule has 0 fully saturated rings. The van der Waals surface area contributed by atoms with Crippen LogP contribution in [-0.4, -0.2) is 33.2 Å². The number of carbonyl (C=O) groups excluding carboxylic acids is 2. The van der Waals surface area contributed by atoms with Gasteiger partial charge >= 0.3 is 5.97 Å². The second kappa shape index (κ2) is 9.43. The number of thiophene rings is 1. The number of amides is 1. The molecule has 0 aliphatic rings. The zero-order valence-electron chi connectivity index (χ0n) is 16.2. The van der Waals surface area contributed by atoms with Crippen LogP contribution in [0.1, 0.15) is 34.6 Å². The molecule has 0 saturated carbocycles. The van der Waals surface area contributed by atoms with Crippen molar-refractivity contribution < 1.29 is 14.3 Å². The molecule has 154 valence electrons. The number of nitrogens with one attached hydrogen (secondary N) is 1. The molecule has 0 aliphatic heterocycles. The topological polar surface area (TPSA) is 136 Å². The average Bonchev–Trinajstić information content (AvgIpc) is 3.30. The van der Waals surface area contributed by atoms with Crippen LogP contribution in [0.3, 0.4) is 0 Å². The van der Waals surface area contributed by atoms with E-state index in [2.05, 4.69) is 21.6 Å². The molecular formula is C19H18N6O3S2. The summed E-state index contributed by atoms with van der Waals surface area (Å²) in [5, 5.41) is 21.1. The number of anilines is 2. The van der Waals surface area contributed by atoms with Crippen LogP contribution in [0.25, 0.3) is 5.69 Å². The predicted molar refractivity (Wildman–Crippen MR) is 115 cm³/mol. The first-order valence-electron chi connectivity index (χ1n) is 8.83. The molecule has 3 rings (SSSR count). The summed E-state index contributed by atoms with van der Waals surface area (Å²) in [4.78, 5) is 23.9. The molecule has 30 heavy (non-hydrogen) atoms. The summed E-state index contributed by atoms with van der Waals surface area (Å²) in [6, 6.07) is 9.30. The van der Waals surface area contributed by atoms with Gasteiger partial charge in [0.1, 0.15) is 22.3 Å². The summed E-state index contributed by atoms with van der Waals surface area (Å²) < 4.78 is 6.84. The maximum atomic E-state index is 12.3. The van der Waals surface area contributed by atoms with E-state index in [1.54, 1.807) is 36.0 Å². The van der Waals surface area contributed by atoms with Crippen LogP contribution < -0.4 is 11.1 Å². The summed E-state index contributed by atoms with van der Waals surface area (Å²) in [6.45, 7) is 3.38. The number of nitriles is 1. The SMILES string of the molecule is CCOC(=O)c1sc(N)c(C#N)c1CSc1nncn1-c1cccc(NC(C)=O)c1.